The number of carbonyl (C=O) groups is 1. The monoisotopic (exact) mass is 410 g/mol. The van der Waals surface area contributed by atoms with E-state index in [9.17, 15) is 4.79 Å². The third-order valence-corrected chi connectivity index (χ3v) is 3.98. The predicted molar refractivity (Wildman–Crippen MR) is 82.3 cm³/mol. The van der Waals surface area contributed by atoms with Gasteiger partial charge in [-0.3, -0.25) is 4.79 Å². The van der Waals surface area contributed by atoms with Gasteiger partial charge in [-0.15, -0.1) is 0 Å². The number of halogens is 2. The van der Waals surface area contributed by atoms with Gasteiger partial charge in [-0.1, -0.05) is 0 Å². The summed E-state index contributed by atoms with van der Waals surface area (Å²) >= 11 is 5.59. The third kappa shape index (κ3) is 4.56. The number of nitrogens with zero attached hydrogens (tertiary/aromatic N) is 1. The molecular weight excluding hydrogens is 395 g/mol. The van der Waals surface area contributed by atoms with E-state index in [1.807, 2.05) is 32.3 Å². The molecule has 1 N–H and O–H groups in total. The second-order valence-corrected chi connectivity index (χ2v) is 6.25. The summed E-state index contributed by atoms with van der Waals surface area (Å²) in [7, 11) is 4.00. The van der Waals surface area contributed by atoms with Crippen LogP contribution < -0.4 is 5.32 Å². The van der Waals surface area contributed by atoms with Crippen molar-refractivity contribution in [3.63, 3.8) is 0 Å². The minimum atomic E-state index is -0.0379. The lowest BCUT2D eigenvalue weighted by atomic mass is 10.2. The van der Waals surface area contributed by atoms with Crippen molar-refractivity contribution in [2.24, 2.45) is 0 Å². The van der Waals surface area contributed by atoms with Crippen molar-refractivity contribution >= 4 is 44.4 Å². The van der Waals surface area contributed by atoms with Crippen LogP contribution in [0.4, 0.5) is 0 Å². The lowest BCUT2D eigenvalue weighted by Gasteiger charge is -2.20. The SMILES string of the molecule is CC(CNC(=O)c1cc(I)ccc1Br)N(C)C. The van der Waals surface area contributed by atoms with Crippen molar-refractivity contribution in [3.05, 3.63) is 31.8 Å². The summed E-state index contributed by atoms with van der Waals surface area (Å²) in [6, 6.07) is 6.05. The summed E-state index contributed by atoms with van der Waals surface area (Å²) < 4.78 is 1.88. The fourth-order valence-electron chi connectivity index (χ4n) is 1.19. The topological polar surface area (TPSA) is 32.3 Å². The number of likely N-dealkylation sites (N-methyl/N-ethyl adjacent to an activating group) is 1. The second-order valence-electron chi connectivity index (χ2n) is 4.15. The minimum Gasteiger partial charge on any atom is -0.350 e. The summed E-state index contributed by atoms with van der Waals surface area (Å²) in [5, 5.41) is 2.93. The molecule has 1 aromatic carbocycles. The average Bonchev–Trinajstić information content (AvgIpc) is 2.28. The van der Waals surface area contributed by atoms with E-state index in [4.69, 9.17) is 0 Å². The van der Waals surface area contributed by atoms with E-state index >= 15 is 0 Å². The van der Waals surface area contributed by atoms with Gasteiger partial charge in [-0.25, -0.2) is 0 Å². The van der Waals surface area contributed by atoms with Crippen LogP contribution in [0.25, 0.3) is 0 Å². The van der Waals surface area contributed by atoms with Gasteiger partial charge in [0.05, 0.1) is 5.56 Å². The zero-order valence-corrected chi connectivity index (χ0v) is 13.9. The Morgan fingerprint density at radius 1 is 1.53 bits per heavy atom. The number of hydrogen-bond acceptors (Lipinski definition) is 2. The lowest BCUT2D eigenvalue weighted by Crippen LogP contribution is -2.38. The maximum atomic E-state index is 12.0. The molecule has 0 saturated carbocycles. The highest BCUT2D eigenvalue weighted by Gasteiger charge is 2.12. The Labute approximate surface area is 124 Å². The van der Waals surface area contributed by atoms with Crippen molar-refractivity contribution in [3.8, 4) is 0 Å². The molecule has 5 heteroatoms. The van der Waals surface area contributed by atoms with E-state index in [-0.39, 0.29) is 5.91 Å². The Kier molecular flexibility index (Phi) is 5.88. The molecule has 0 aliphatic rings. The van der Waals surface area contributed by atoms with Crippen LogP contribution in [-0.2, 0) is 0 Å². The summed E-state index contributed by atoms with van der Waals surface area (Å²) in [6.45, 7) is 2.72. The first-order valence-corrected chi connectivity index (χ1v) is 7.18. The molecule has 0 aliphatic heterocycles. The van der Waals surface area contributed by atoms with Gasteiger partial charge in [-0.05, 0) is 77.7 Å². The third-order valence-electron chi connectivity index (χ3n) is 2.61. The molecule has 1 atom stereocenters. The quantitative estimate of drug-likeness (QED) is 0.774. The zero-order chi connectivity index (χ0) is 13.0. The van der Waals surface area contributed by atoms with Crippen LogP contribution >= 0.6 is 38.5 Å². The van der Waals surface area contributed by atoms with Crippen LogP contribution in [0.1, 0.15) is 17.3 Å². The van der Waals surface area contributed by atoms with Gasteiger partial charge in [0.1, 0.15) is 0 Å². The first-order valence-electron chi connectivity index (χ1n) is 5.31. The summed E-state index contributed by atoms with van der Waals surface area (Å²) in [6.07, 6.45) is 0. The number of rotatable bonds is 4. The molecule has 94 valence electrons. The maximum Gasteiger partial charge on any atom is 0.252 e. The van der Waals surface area contributed by atoms with E-state index < -0.39 is 0 Å². The van der Waals surface area contributed by atoms with Crippen LogP contribution in [0, 0.1) is 3.57 Å². The highest BCUT2D eigenvalue weighted by atomic mass is 127. The lowest BCUT2D eigenvalue weighted by molar-refractivity contribution is 0.0943. The van der Waals surface area contributed by atoms with Crippen LogP contribution in [0.2, 0.25) is 0 Å². The first kappa shape index (κ1) is 14.9. The zero-order valence-electron chi connectivity index (χ0n) is 10.1. The van der Waals surface area contributed by atoms with E-state index in [0.29, 0.717) is 18.2 Å². The number of benzene rings is 1. The molecule has 0 fully saturated rings. The molecule has 1 rings (SSSR count). The summed E-state index contributed by atoms with van der Waals surface area (Å²) in [5.41, 5.74) is 0.683. The fourth-order valence-corrected chi connectivity index (χ4v) is 2.11. The highest BCUT2D eigenvalue weighted by molar-refractivity contribution is 14.1. The van der Waals surface area contributed by atoms with Crippen LogP contribution in [0.3, 0.4) is 0 Å². The highest BCUT2D eigenvalue weighted by Crippen LogP contribution is 2.19. The van der Waals surface area contributed by atoms with Gasteiger partial charge < -0.3 is 10.2 Å². The van der Waals surface area contributed by atoms with Gasteiger partial charge in [-0.2, -0.15) is 0 Å². The van der Waals surface area contributed by atoms with Crippen LogP contribution in [0.5, 0.6) is 0 Å². The largest absolute Gasteiger partial charge is 0.350 e. The van der Waals surface area contributed by atoms with Crippen molar-refractivity contribution in [1.82, 2.24) is 10.2 Å². The van der Waals surface area contributed by atoms with Gasteiger partial charge in [0.2, 0.25) is 0 Å². The smallest absolute Gasteiger partial charge is 0.252 e. The predicted octanol–water partition coefficient (Wildman–Crippen LogP) is 2.73. The molecule has 3 nitrogen and oxygen atoms in total. The second kappa shape index (κ2) is 6.70. The molecule has 17 heavy (non-hydrogen) atoms. The normalized spacial score (nSPS) is 12.6. The maximum absolute atomic E-state index is 12.0. The summed E-state index contributed by atoms with van der Waals surface area (Å²) in [4.78, 5) is 14.1. The van der Waals surface area contributed by atoms with Gasteiger partial charge >= 0.3 is 0 Å². The molecule has 0 spiro atoms. The van der Waals surface area contributed by atoms with Gasteiger partial charge in [0.25, 0.3) is 5.91 Å². The molecule has 1 amide bonds. The molecule has 0 bridgehead atoms. The minimum absolute atomic E-state index is 0.0379. The molecule has 0 heterocycles. The Hall–Kier alpha value is -0.140. The standard InChI is InChI=1S/C12H16BrIN2O/c1-8(16(2)3)7-15-12(17)10-6-9(14)4-5-11(10)13/h4-6,8H,7H2,1-3H3,(H,15,17). The average molecular weight is 411 g/mol. The number of carbonyl (C=O) groups excluding carboxylic acids is 1. The van der Waals surface area contributed by atoms with E-state index in [0.717, 1.165) is 8.04 Å². The van der Waals surface area contributed by atoms with Crippen LogP contribution in [-0.4, -0.2) is 37.5 Å². The van der Waals surface area contributed by atoms with Crippen molar-refractivity contribution in [1.29, 1.82) is 0 Å². The Balaban J connectivity index is 2.67. The molecular formula is C12H16BrIN2O. The molecule has 0 aliphatic carbocycles. The molecule has 0 radical (unpaired) electrons. The van der Waals surface area contributed by atoms with Gasteiger partial charge in [0.15, 0.2) is 0 Å². The molecule has 1 aromatic rings. The molecule has 0 aromatic heterocycles. The van der Waals surface area contributed by atoms with Crippen molar-refractivity contribution in [2.45, 2.75) is 13.0 Å². The van der Waals surface area contributed by atoms with E-state index in [1.165, 1.54) is 0 Å². The number of hydrogen-bond donors (Lipinski definition) is 1. The van der Waals surface area contributed by atoms with Crippen LogP contribution in [0.15, 0.2) is 22.7 Å². The Morgan fingerprint density at radius 3 is 2.76 bits per heavy atom. The van der Waals surface area contributed by atoms with E-state index in [1.54, 1.807) is 0 Å². The Morgan fingerprint density at radius 2 is 2.18 bits per heavy atom. The first-order chi connectivity index (χ1) is 7.91. The number of amides is 1. The van der Waals surface area contributed by atoms with Crippen molar-refractivity contribution in [2.75, 3.05) is 20.6 Å². The summed E-state index contributed by atoms with van der Waals surface area (Å²) in [5.74, 6) is -0.0379. The Bertz CT molecular complexity index is 409. The number of nitrogens with one attached hydrogen (secondary N) is 1. The van der Waals surface area contributed by atoms with E-state index in [2.05, 4.69) is 55.7 Å². The fraction of sp³-hybridized carbons (Fsp3) is 0.417. The molecule has 0 saturated heterocycles. The molecule has 1 unspecified atom stereocenters. The van der Waals surface area contributed by atoms with Gasteiger partial charge in [0, 0.05) is 20.6 Å². The van der Waals surface area contributed by atoms with Crippen molar-refractivity contribution < 1.29 is 4.79 Å².